The van der Waals surface area contributed by atoms with E-state index in [1.807, 2.05) is 0 Å². The van der Waals surface area contributed by atoms with Gasteiger partial charge >= 0.3 is 5.97 Å². The Labute approximate surface area is 123 Å². The molecule has 0 saturated carbocycles. The maximum Gasteiger partial charge on any atom is 0.305 e. The SMILES string of the molecule is CCC(CC(=O)O)NC(=O)c1cc(Br)cc([N+](=O)[O-])c1. The van der Waals surface area contributed by atoms with Gasteiger partial charge in [-0.05, 0) is 12.5 Å². The molecule has 1 rings (SSSR count). The second-order valence-electron chi connectivity index (χ2n) is 4.13. The zero-order chi connectivity index (χ0) is 15.3. The molecule has 20 heavy (non-hydrogen) atoms. The molecule has 0 aromatic heterocycles. The number of hydrogen-bond donors (Lipinski definition) is 2. The fourth-order valence-corrected chi connectivity index (χ4v) is 2.07. The van der Waals surface area contributed by atoms with Crippen LogP contribution in [0.2, 0.25) is 0 Å². The molecule has 8 heteroatoms. The second-order valence-corrected chi connectivity index (χ2v) is 5.05. The first-order valence-corrected chi connectivity index (χ1v) is 6.60. The van der Waals surface area contributed by atoms with E-state index in [1.165, 1.54) is 12.1 Å². The average Bonchev–Trinajstić information content (AvgIpc) is 2.36. The number of amides is 1. The lowest BCUT2D eigenvalue weighted by atomic mass is 10.1. The van der Waals surface area contributed by atoms with Crippen molar-refractivity contribution >= 4 is 33.5 Å². The Hall–Kier alpha value is -1.96. The summed E-state index contributed by atoms with van der Waals surface area (Å²) in [5.41, 5.74) is -0.106. The van der Waals surface area contributed by atoms with E-state index in [0.717, 1.165) is 6.07 Å². The number of aliphatic carboxylic acids is 1. The van der Waals surface area contributed by atoms with Gasteiger partial charge in [0.1, 0.15) is 0 Å². The topological polar surface area (TPSA) is 110 Å². The number of non-ortho nitro benzene ring substituents is 1. The van der Waals surface area contributed by atoms with E-state index in [1.54, 1.807) is 6.92 Å². The molecule has 0 fully saturated rings. The molecule has 1 amide bonds. The maximum atomic E-state index is 12.0. The molecule has 0 spiro atoms. The third-order valence-electron chi connectivity index (χ3n) is 2.60. The molecule has 0 aliphatic rings. The van der Waals surface area contributed by atoms with Crippen LogP contribution in [0.5, 0.6) is 0 Å². The van der Waals surface area contributed by atoms with Crippen LogP contribution in [0.15, 0.2) is 22.7 Å². The molecule has 0 heterocycles. The van der Waals surface area contributed by atoms with Gasteiger partial charge in [0.2, 0.25) is 0 Å². The summed E-state index contributed by atoms with van der Waals surface area (Å²) in [6.45, 7) is 1.75. The van der Waals surface area contributed by atoms with Gasteiger partial charge in [0.15, 0.2) is 0 Å². The number of carbonyl (C=O) groups excluding carboxylic acids is 1. The summed E-state index contributed by atoms with van der Waals surface area (Å²) >= 11 is 3.09. The van der Waals surface area contributed by atoms with Gasteiger partial charge < -0.3 is 10.4 Å². The molecule has 1 atom stereocenters. The minimum atomic E-state index is -1.02. The van der Waals surface area contributed by atoms with Crippen molar-refractivity contribution in [3.63, 3.8) is 0 Å². The predicted molar refractivity (Wildman–Crippen MR) is 74.6 cm³/mol. The number of carbonyl (C=O) groups is 2. The molecule has 7 nitrogen and oxygen atoms in total. The van der Waals surface area contributed by atoms with Crippen LogP contribution in [0.25, 0.3) is 0 Å². The summed E-state index contributed by atoms with van der Waals surface area (Å²) in [6, 6.07) is 3.35. The third-order valence-corrected chi connectivity index (χ3v) is 3.06. The van der Waals surface area contributed by atoms with Gasteiger partial charge in [0.05, 0.1) is 11.3 Å². The second kappa shape index (κ2) is 6.99. The minimum Gasteiger partial charge on any atom is -0.481 e. The van der Waals surface area contributed by atoms with Crippen LogP contribution in [0.1, 0.15) is 30.1 Å². The highest BCUT2D eigenvalue weighted by molar-refractivity contribution is 9.10. The van der Waals surface area contributed by atoms with Crippen molar-refractivity contribution in [3.8, 4) is 0 Å². The Bertz CT molecular complexity index is 547. The highest BCUT2D eigenvalue weighted by Gasteiger charge is 2.18. The molecule has 2 N–H and O–H groups in total. The number of benzene rings is 1. The van der Waals surface area contributed by atoms with Gasteiger partial charge in [-0.25, -0.2) is 0 Å². The lowest BCUT2D eigenvalue weighted by Crippen LogP contribution is -2.36. The van der Waals surface area contributed by atoms with Crippen LogP contribution in [-0.4, -0.2) is 27.9 Å². The minimum absolute atomic E-state index is 0.106. The Balaban J connectivity index is 2.91. The van der Waals surface area contributed by atoms with Crippen LogP contribution in [0.4, 0.5) is 5.69 Å². The summed E-state index contributed by atoms with van der Waals surface area (Å²) < 4.78 is 0.406. The summed E-state index contributed by atoms with van der Waals surface area (Å²) in [6.07, 6.45) is 0.256. The van der Waals surface area contributed by atoms with Crippen molar-refractivity contribution in [1.29, 1.82) is 0 Å². The number of nitrogens with one attached hydrogen (secondary N) is 1. The van der Waals surface area contributed by atoms with E-state index in [9.17, 15) is 19.7 Å². The van der Waals surface area contributed by atoms with Crippen molar-refractivity contribution in [1.82, 2.24) is 5.32 Å². The first kappa shape index (κ1) is 16.1. The third kappa shape index (κ3) is 4.61. The number of carboxylic acids is 1. The lowest BCUT2D eigenvalue weighted by Gasteiger charge is -2.14. The van der Waals surface area contributed by atoms with Crippen LogP contribution in [0.3, 0.4) is 0 Å². The molecule has 0 radical (unpaired) electrons. The van der Waals surface area contributed by atoms with Gasteiger partial charge in [-0.2, -0.15) is 0 Å². The van der Waals surface area contributed by atoms with Crippen molar-refractivity contribution in [3.05, 3.63) is 38.3 Å². The first-order chi connectivity index (χ1) is 9.33. The lowest BCUT2D eigenvalue weighted by molar-refractivity contribution is -0.385. The number of rotatable bonds is 6. The number of nitro groups is 1. The van der Waals surface area contributed by atoms with Crippen molar-refractivity contribution < 1.29 is 19.6 Å². The zero-order valence-corrected chi connectivity index (χ0v) is 12.2. The van der Waals surface area contributed by atoms with E-state index in [4.69, 9.17) is 5.11 Å². The number of hydrogen-bond acceptors (Lipinski definition) is 4. The number of carboxylic acid groups (broad SMARTS) is 1. The van der Waals surface area contributed by atoms with E-state index in [2.05, 4.69) is 21.2 Å². The Kier molecular flexibility index (Phi) is 5.63. The largest absolute Gasteiger partial charge is 0.481 e. The highest BCUT2D eigenvalue weighted by atomic mass is 79.9. The predicted octanol–water partition coefficient (Wildman–Crippen LogP) is 2.34. The van der Waals surface area contributed by atoms with Gasteiger partial charge in [0, 0.05) is 28.2 Å². The monoisotopic (exact) mass is 344 g/mol. The average molecular weight is 345 g/mol. The molecule has 0 bridgehead atoms. The van der Waals surface area contributed by atoms with Gasteiger partial charge in [-0.15, -0.1) is 0 Å². The molecule has 1 aromatic carbocycles. The van der Waals surface area contributed by atoms with Crippen LogP contribution >= 0.6 is 15.9 Å². The summed E-state index contributed by atoms with van der Waals surface area (Å²) in [5.74, 6) is -1.56. The van der Waals surface area contributed by atoms with Crippen LogP contribution in [0, 0.1) is 10.1 Å². The summed E-state index contributed by atoms with van der Waals surface area (Å²) in [5, 5.41) is 22.0. The van der Waals surface area contributed by atoms with Crippen LogP contribution < -0.4 is 5.32 Å². The van der Waals surface area contributed by atoms with Crippen molar-refractivity contribution in [2.45, 2.75) is 25.8 Å². The van der Waals surface area contributed by atoms with Crippen LogP contribution in [-0.2, 0) is 4.79 Å². The van der Waals surface area contributed by atoms with E-state index < -0.39 is 22.8 Å². The zero-order valence-electron chi connectivity index (χ0n) is 10.6. The summed E-state index contributed by atoms with van der Waals surface area (Å²) in [4.78, 5) is 32.7. The molecule has 108 valence electrons. The fourth-order valence-electron chi connectivity index (χ4n) is 1.59. The van der Waals surface area contributed by atoms with E-state index >= 15 is 0 Å². The molecular weight excluding hydrogens is 332 g/mol. The molecular formula is C12H13BrN2O5. The maximum absolute atomic E-state index is 12.0. The van der Waals surface area contributed by atoms with Crippen molar-refractivity contribution in [2.75, 3.05) is 0 Å². The normalized spacial score (nSPS) is 11.7. The Morgan fingerprint density at radius 1 is 1.45 bits per heavy atom. The van der Waals surface area contributed by atoms with E-state index in [-0.39, 0.29) is 17.7 Å². The molecule has 0 aliphatic carbocycles. The Morgan fingerprint density at radius 3 is 2.60 bits per heavy atom. The number of nitro benzene ring substituents is 1. The number of nitrogens with zero attached hydrogens (tertiary/aromatic N) is 1. The smallest absolute Gasteiger partial charge is 0.305 e. The Morgan fingerprint density at radius 2 is 2.10 bits per heavy atom. The molecule has 0 saturated heterocycles. The quantitative estimate of drug-likeness (QED) is 0.607. The fraction of sp³-hybridized carbons (Fsp3) is 0.333. The van der Waals surface area contributed by atoms with Crippen molar-refractivity contribution in [2.24, 2.45) is 0 Å². The number of halogens is 1. The molecule has 0 aliphatic heterocycles. The molecule has 1 unspecified atom stereocenters. The standard InChI is InChI=1S/C12H13BrN2O5/c1-2-9(6-11(16)17)14-12(18)7-3-8(13)5-10(4-7)15(19)20/h3-5,9H,2,6H2,1H3,(H,14,18)(H,16,17). The van der Waals surface area contributed by atoms with Gasteiger partial charge in [-0.3, -0.25) is 19.7 Å². The van der Waals surface area contributed by atoms with E-state index in [0.29, 0.717) is 10.9 Å². The highest BCUT2D eigenvalue weighted by Crippen LogP contribution is 2.21. The summed E-state index contributed by atoms with van der Waals surface area (Å²) in [7, 11) is 0. The van der Waals surface area contributed by atoms with Gasteiger partial charge in [0.25, 0.3) is 11.6 Å². The molecule has 1 aromatic rings. The first-order valence-electron chi connectivity index (χ1n) is 5.81. The van der Waals surface area contributed by atoms with Gasteiger partial charge in [-0.1, -0.05) is 22.9 Å².